The van der Waals surface area contributed by atoms with Crippen LogP contribution in [0.2, 0.25) is 0 Å². The van der Waals surface area contributed by atoms with E-state index in [1.807, 2.05) is 0 Å². The molecule has 1 aromatic carbocycles. The van der Waals surface area contributed by atoms with Crippen LogP contribution in [0.1, 0.15) is 43.5 Å². The van der Waals surface area contributed by atoms with Gasteiger partial charge in [-0.15, -0.1) is 0 Å². The molecule has 1 nitrogen and oxygen atoms in total. The number of benzene rings is 1. The average molecular weight is 227 g/mol. The van der Waals surface area contributed by atoms with E-state index in [9.17, 15) is 0 Å². The predicted molar refractivity (Wildman–Crippen MR) is 73.5 cm³/mol. The molecule has 0 saturated carbocycles. The van der Waals surface area contributed by atoms with E-state index in [1.165, 1.54) is 47.8 Å². The monoisotopic (exact) mass is 227 g/mol. The minimum atomic E-state index is 0.895. The summed E-state index contributed by atoms with van der Waals surface area (Å²) in [7, 11) is 0. The molecule has 0 saturated heterocycles. The summed E-state index contributed by atoms with van der Waals surface area (Å²) < 4.78 is 0. The van der Waals surface area contributed by atoms with Crippen molar-refractivity contribution in [3.8, 4) is 0 Å². The van der Waals surface area contributed by atoms with Crippen molar-refractivity contribution in [3.05, 3.63) is 35.0 Å². The fourth-order valence-corrected chi connectivity index (χ4v) is 3.22. The van der Waals surface area contributed by atoms with E-state index in [4.69, 9.17) is 0 Å². The topological polar surface area (TPSA) is 15.8 Å². The first-order chi connectivity index (χ1) is 8.33. The Hall–Kier alpha value is -1.24. The fourth-order valence-electron chi connectivity index (χ4n) is 3.22. The summed E-state index contributed by atoms with van der Waals surface area (Å²) in [6.45, 7) is 4.56. The number of hydrogen-bond donors (Lipinski definition) is 1. The van der Waals surface area contributed by atoms with Crippen LogP contribution < -0.4 is 0 Å². The lowest BCUT2D eigenvalue weighted by atomic mass is 9.85. The van der Waals surface area contributed by atoms with Gasteiger partial charge in [0.2, 0.25) is 0 Å². The highest BCUT2D eigenvalue weighted by atomic mass is 14.7. The molecule has 0 amide bonds. The predicted octanol–water partition coefficient (Wildman–Crippen LogP) is 4.25. The van der Waals surface area contributed by atoms with E-state index in [0.29, 0.717) is 0 Å². The van der Waals surface area contributed by atoms with Crippen molar-refractivity contribution in [2.24, 2.45) is 5.92 Å². The van der Waals surface area contributed by atoms with Gasteiger partial charge in [-0.3, -0.25) is 0 Å². The number of hydrogen-bond acceptors (Lipinski definition) is 0. The Kier molecular flexibility index (Phi) is 2.70. The van der Waals surface area contributed by atoms with Gasteiger partial charge in [-0.05, 0) is 42.7 Å². The molecular formula is C16H21N. The Labute approximate surface area is 103 Å². The molecule has 1 atom stereocenters. The summed E-state index contributed by atoms with van der Waals surface area (Å²) in [6.07, 6.45) is 6.32. The second-order valence-corrected chi connectivity index (χ2v) is 5.29. The summed E-state index contributed by atoms with van der Waals surface area (Å²) in [4.78, 5) is 3.68. The molecule has 1 aromatic heterocycles. The van der Waals surface area contributed by atoms with E-state index in [1.54, 1.807) is 5.56 Å². The number of rotatable bonds is 2. The Morgan fingerprint density at radius 2 is 2.18 bits per heavy atom. The van der Waals surface area contributed by atoms with Crippen LogP contribution in [0, 0.1) is 5.92 Å². The van der Waals surface area contributed by atoms with Gasteiger partial charge in [0.1, 0.15) is 0 Å². The Balaban J connectivity index is 2.16. The highest BCUT2D eigenvalue weighted by Crippen LogP contribution is 2.34. The smallest absolute Gasteiger partial charge is 0.0491 e. The number of aromatic amines is 1. The summed E-state index contributed by atoms with van der Waals surface area (Å²) in [6, 6.07) is 6.76. The van der Waals surface area contributed by atoms with E-state index in [0.717, 1.165) is 12.3 Å². The minimum Gasteiger partial charge on any atom is -0.358 e. The molecule has 0 radical (unpaired) electrons. The van der Waals surface area contributed by atoms with Crippen molar-refractivity contribution in [1.82, 2.24) is 4.98 Å². The number of aromatic nitrogens is 1. The number of H-pyrrole nitrogens is 1. The lowest BCUT2D eigenvalue weighted by molar-refractivity contribution is 0.444. The SMILES string of the molecule is CCc1cccc2c3c([nH]c12)CCC(CC)C3. The lowest BCUT2D eigenvalue weighted by Gasteiger charge is -2.20. The Morgan fingerprint density at radius 3 is 2.94 bits per heavy atom. The maximum Gasteiger partial charge on any atom is 0.0491 e. The van der Waals surface area contributed by atoms with Crippen molar-refractivity contribution in [2.45, 2.75) is 46.0 Å². The van der Waals surface area contributed by atoms with Crippen molar-refractivity contribution in [1.29, 1.82) is 0 Å². The van der Waals surface area contributed by atoms with Crippen molar-refractivity contribution in [2.75, 3.05) is 0 Å². The molecule has 0 fully saturated rings. The number of para-hydroxylation sites is 1. The van der Waals surface area contributed by atoms with Gasteiger partial charge >= 0.3 is 0 Å². The normalized spacial score (nSPS) is 19.5. The quantitative estimate of drug-likeness (QED) is 0.789. The van der Waals surface area contributed by atoms with Gasteiger partial charge in [0.15, 0.2) is 0 Å². The zero-order chi connectivity index (χ0) is 11.8. The maximum atomic E-state index is 3.68. The van der Waals surface area contributed by atoms with Crippen LogP contribution in [-0.4, -0.2) is 4.98 Å². The third-order valence-corrected chi connectivity index (χ3v) is 4.37. The number of fused-ring (bicyclic) bond motifs is 3. The molecule has 1 heterocycles. The molecule has 1 aliphatic rings. The third kappa shape index (κ3) is 1.69. The zero-order valence-corrected chi connectivity index (χ0v) is 10.8. The van der Waals surface area contributed by atoms with Gasteiger partial charge in [0.05, 0.1) is 0 Å². The summed E-state index contributed by atoms with van der Waals surface area (Å²) in [5, 5.41) is 1.48. The van der Waals surface area contributed by atoms with Crippen LogP contribution in [0.25, 0.3) is 10.9 Å². The number of aryl methyl sites for hydroxylation is 2. The van der Waals surface area contributed by atoms with Crippen molar-refractivity contribution in [3.63, 3.8) is 0 Å². The van der Waals surface area contributed by atoms with Crippen LogP contribution in [0.5, 0.6) is 0 Å². The van der Waals surface area contributed by atoms with E-state index in [2.05, 4.69) is 37.0 Å². The Bertz CT molecular complexity index is 536. The molecule has 3 rings (SSSR count). The molecule has 0 aliphatic heterocycles. The van der Waals surface area contributed by atoms with Crippen molar-refractivity contribution >= 4 is 10.9 Å². The van der Waals surface area contributed by atoms with Crippen LogP contribution in [0.15, 0.2) is 18.2 Å². The zero-order valence-electron chi connectivity index (χ0n) is 10.8. The molecule has 90 valence electrons. The molecule has 17 heavy (non-hydrogen) atoms. The molecule has 0 spiro atoms. The van der Waals surface area contributed by atoms with Crippen molar-refractivity contribution < 1.29 is 0 Å². The standard InChI is InChI=1S/C16H21N/c1-3-11-8-9-15-14(10-11)13-7-5-6-12(4-2)16(13)17-15/h5-7,11,17H,3-4,8-10H2,1-2H3. The lowest BCUT2D eigenvalue weighted by Crippen LogP contribution is -2.12. The van der Waals surface area contributed by atoms with Crippen LogP contribution in [0.3, 0.4) is 0 Å². The first-order valence-electron chi connectivity index (χ1n) is 6.94. The van der Waals surface area contributed by atoms with Crippen LogP contribution in [-0.2, 0) is 19.3 Å². The summed E-state index contributed by atoms with van der Waals surface area (Å²) in [5.74, 6) is 0.895. The van der Waals surface area contributed by atoms with Gasteiger partial charge in [0, 0.05) is 16.6 Å². The van der Waals surface area contributed by atoms with Gasteiger partial charge in [-0.2, -0.15) is 0 Å². The Morgan fingerprint density at radius 1 is 1.29 bits per heavy atom. The number of nitrogens with one attached hydrogen (secondary N) is 1. The second-order valence-electron chi connectivity index (χ2n) is 5.29. The highest BCUT2D eigenvalue weighted by molar-refractivity contribution is 5.87. The first-order valence-corrected chi connectivity index (χ1v) is 6.94. The van der Waals surface area contributed by atoms with Crippen LogP contribution in [0.4, 0.5) is 0 Å². The molecule has 1 aliphatic carbocycles. The highest BCUT2D eigenvalue weighted by Gasteiger charge is 2.21. The summed E-state index contributed by atoms with van der Waals surface area (Å²) in [5.41, 5.74) is 5.97. The molecule has 0 bridgehead atoms. The molecule has 1 heteroatoms. The van der Waals surface area contributed by atoms with Gasteiger partial charge in [0.25, 0.3) is 0 Å². The van der Waals surface area contributed by atoms with E-state index in [-0.39, 0.29) is 0 Å². The molecule has 1 unspecified atom stereocenters. The fraction of sp³-hybridized carbons (Fsp3) is 0.500. The molecule has 1 N–H and O–H groups in total. The largest absolute Gasteiger partial charge is 0.358 e. The average Bonchev–Trinajstić information content (AvgIpc) is 2.76. The molecular weight excluding hydrogens is 206 g/mol. The van der Waals surface area contributed by atoms with E-state index >= 15 is 0 Å². The minimum absolute atomic E-state index is 0.895. The van der Waals surface area contributed by atoms with E-state index < -0.39 is 0 Å². The third-order valence-electron chi connectivity index (χ3n) is 4.37. The van der Waals surface area contributed by atoms with Crippen LogP contribution >= 0.6 is 0 Å². The first kappa shape index (κ1) is 10.9. The van der Waals surface area contributed by atoms with Gasteiger partial charge in [-0.1, -0.05) is 38.5 Å². The van der Waals surface area contributed by atoms with Gasteiger partial charge < -0.3 is 4.98 Å². The van der Waals surface area contributed by atoms with Gasteiger partial charge in [-0.25, -0.2) is 0 Å². The maximum absolute atomic E-state index is 3.68. The molecule has 2 aromatic rings. The second kappa shape index (κ2) is 4.21. The summed E-state index contributed by atoms with van der Waals surface area (Å²) >= 11 is 0.